The molecule has 4 aromatic rings. The predicted octanol–water partition coefficient (Wildman–Crippen LogP) is 3.31. The number of H-pyrrole nitrogens is 1. The Labute approximate surface area is 167 Å². The number of hydrogen-bond donors (Lipinski definition) is 2. The molecule has 28 heavy (non-hydrogen) atoms. The van der Waals surface area contributed by atoms with Gasteiger partial charge in [0.25, 0.3) is 5.56 Å². The largest absolute Gasteiger partial charge is 0.309 e. The molecule has 2 aromatic heterocycles. The molecule has 0 amide bonds. The van der Waals surface area contributed by atoms with Crippen LogP contribution in [0.25, 0.3) is 10.9 Å². The maximum Gasteiger partial charge on any atom is 0.258 e. The fourth-order valence-corrected chi connectivity index (χ4v) is 3.46. The molecule has 1 N–H and O–H groups in total. The van der Waals surface area contributed by atoms with E-state index in [4.69, 9.17) is 12.6 Å². The Morgan fingerprint density at radius 1 is 1.11 bits per heavy atom. The molecule has 0 radical (unpaired) electrons. The predicted molar refractivity (Wildman–Crippen MR) is 113 cm³/mol. The average molecular weight is 389 g/mol. The zero-order valence-electron chi connectivity index (χ0n) is 15.1. The fourth-order valence-electron chi connectivity index (χ4n) is 3.14. The summed E-state index contributed by atoms with van der Waals surface area (Å²) in [5.41, 5.74) is 1.57. The molecule has 4 rings (SSSR count). The number of allylic oxidation sites excluding steroid dienone is 1. The average Bonchev–Trinajstić information content (AvgIpc) is 3.11. The van der Waals surface area contributed by atoms with Gasteiger partial charge in [0.15, 0.2) is 5.82 Å². The smallest absolute Gasteiger partial charge is 0.258 e. The van der Waals surface area contributed by atoms with E-state index in [0.29, 0.717) is 35.5 Å². The summed E-state index contributed by atoms with van der Waals surface area (Å²) in [6.45, 7) is 4.38. The third-order valence-electron chi connectivity index (χ3n) is 4.51. The van der Waals surface area contributed by atoms with Crippen LogP contribution < -0.4 is 5.56 Å². The Morgan fingerprint density at radius 2 is 1.86 bits per heavy atom. The van der Waals surface area contributed by atoms with Gasteiger partial charge >= 0.3 is 0 Å². The number of para-hydroxylation sites is 1. The Bertz CT molecular complexity index is 1180. The topological polar surface area (TPSA) is 76.5 Å². The molecule has 0 saturated carbocycles. The molecule has 0 aliphatic rings. The van der Waals surface area contributed by atoms with E-state index in [-0.39, 0.29) is 5.56 Å². The van der Waals surface area contributed by atoms with Gasteiger partial charge < -0.3 is 9.55 Å². The molecule has 140 valence electrons. The molecular weight excluding hydrogens is 370 g/mol. The number of benzene rings is 2. The molecule has 2 aromatic carbocycles. The van der Waals surface area contributed by atoms with E-state index in [1.807, 2.05) is 53.1 Å². The second-order valence-corrected chi connectivity index (χ2v) is 6.92. The van der Waals surface area contributed by atoms with Gasteiger partial charge in [-0.3, -0.25) is 4.79 Å². The Balaban J connectivity index is 1.74. The molecule has 1 atom stereocenters. The third-order valence-corrected chi connectivity index (χ3v) is 4.98. The van der Waals surface area contributed by atoms with Crippen molar-refractivity contribution in [2.45, 2.75) is 18.2 Å². The van der Waals surface area contributed by atoms with E-state index in [2.05, 4.69) is 26.7 Å². The molecule has 1 unspecified atom stereocenters. The highest BCUT2D eigenvalue weighted by Crippen LogP contribution is 2.26. The number of aromatic amines is 1. The summed E-state index contributed by atoms with van der Waals surface area (Å²) >= 11 is 4.69. The highest BCUT2D eigenvalue weighted by molar-refractivity contribution is 7.80. The molecular formula is C21H19N5OS. The lowest BCUT2D eigenvalue weighted by Crippen LogP contribution is -2.16. The van der Waals surface area contributed by atoms with Crippen LogP contribution >= 0.6 is 12.6 Å². The van der Waals surface area contributed by atoms with Crippen molar-refractivity contribution in [1.82, 2.24) is 24.7 Å². The van der Waals surface area contributed by atoms with Crippen LogP contribution in [-0.4, -0.2) is 24.7 Å². The van der Waals surface area contributed by atoms with Crippen LogP contribution in [0.4, 0.5) is 0 Å². The zero-order chi connectivity index (χ0) is 19.5. The third kappa shape index (κ3) is 3.48. The van der Waals surface area contributed by atoms with Crippen molar-refractivity contribution in [3.05, 3.63) is 101 Å². The van der Waals surface area contributed by atoms with Gasteiger partial charge in [-0.05, 0) is 17.7 Å². The van der Waals surface area contributed by atoms with Crippen molar-refractivity contribution >= 4 is 23.5 Å². The summed E-state index contributed by atoms with van der Waals surface area (Å²) in [5.74, 6) is 1.87. The second-order valence-electron chi connectivity index (χ2n) is 6.41. The van der Waals surface area contributed by atoms with Crippen molar-refractivity contribution < 1.29 is 0 Å². The van der Waals surface area contributed by atoms with E-state index < -0.39 is 5.25 Å². The normalized spacial score (nSPS) is 12.2. The fraction of sp³-hybridized carbons (Fsp3) is 0.143. The second kappa shape index (κ2) is 7.82. The van der Waals surface area contributed by atoms with E-state index in [1.165, 1.54) is 0 Å². The van der Waals surface area contributed by atoms with Crippen molar-refractivity contribution in [2.75, 3.05) is 0 Å². The van der Waals surface area contributed by atoms with Crippen molar-refractivity contribution in [3.63, 3.8) is 0 Å². The molecule has 0 aliphatic carbocycles. The lowest BCUT2D eigenvalue weighted by atomic mass is 10.1. The first-order valence-corrected chi connectivity index (χ1v) is 9.43. The number of fused-ring (bicyclic) bond motifs is 1. The number of rotatable bonds is 6. The van der Waals surface area contributed by atoms with Gasteiger partial charge in [0, 0.05) is 13.0 Å². The highest BCUT2D eigenvalue weighted by atomic mass is 32.1. The molecule has 2 heterocycles. The van der Waals surface area contributed by atoms with E-state index >= 15 is 0 Å². The monoisotopic (exact) mass is 389 g/mol. The zero-order valence-corrected chi connectivity index (χ0v) is 16.0. The number of thiol groups is 1. The maximum absolute atomic E-state index is 12.4. The van der Waals surface area contributed by atoms with Gasteiger partial charge in [0.1, 0.15) is 16.9 Å². The van der Waals surface area contributed by atoms with E-state index in [0.717, 1.165) is 11.4 Å². The summed E-state index contributed by atoms with van der Waals surface area (Å²) in [6, 6.07) is 17.3. The van der Waals surface area contributed by atoms with Crippen LogP contribution in [0.3, 0.4) is 0 Å². The van der Waals surface area contributed by atoms with Gasteiger partial charge in [-0.15, -0.1) is 16.8 Å². The van der Waals surface area contributed by atoms with Crippen LogP contribution in [0, 0.1) is 0 Å². The van der Waals surface area contributed by atoms with E-state index in [1.54, 1.807) is 12.1 Å². The minimum Gasteiger partial charge on any atom is -0.309 e. The van der Waals surface area contributed by atoms with Gasteiger partial charge in [-0.1, -0.05) is 48.5 Å². The summed E-state index contributed by atoms with van der Waals surface area (Å²) < 4.78 is 1.97. The van der Waals surface area contributed by atoms with E-state index in [9.17, 15) is 4.79 Å². The quantitative estimate of drug-likeness (QED) is 0.392. The first kappa shape index (κ1) is 18.2. The van der Waals surface area contributed by atoms with Gasteiger partial charge in [0.05, 0.1) is 10.9 Å². The highest BCUT2D eigenvalue weighted by Gasteiger charge is 2.22. The Hall–Kier alpha value is -3.19. The number of hydrogen-bond acceptors (Lipinski definition) is 5. The SMILES string of the molecule is C=CCn1c(Cc2ccccc2)nnc1C(S)c1nc2ccccc2c(=O)[nH]1. The van der Waals surface area contributed by atoms with Crippen LogP contribution in [0.2, 0.25) is 0 Å². The molecule has 0 aliphatic heterocycles. The summed E-state index contributed by atoms with van der Waals surface area (Å²) in [5, 5.41) is 8.73. The Kier molecular flexibility index (Phi) is 5.08. The summed E-state index contributed by atoms with van der Waals surface area (Å²) in [6.07, 6.45) is 2.43. The number of aromatic nitrogens is 5. The minimum absolute atomic E-state index is 0.195. The molecule has 7 heteroatoms. The first-order chi connectivity index (χ1) is 13.7. The maximum atomic E-state index is 12.4. The number of nitrogens with zero attached hydrogens (tertiary/aromatic N) is 4. The van der Waals surface area contributed by atoms with Crippen LogP contribution in [0.15, 0.2) is 72.0 Å². The lowest BCUT2D eigenvalue weighted by Gasteiger charge is -2.13. The minimum atomic E-state index is -0.519. The molecule has 0 saturated heterocycles. The van der Waals surface area contributed by atoms with Crippen LogP contribution in [0.1, 0.15) is 28.3 Å². The molecule has 0 spiro atoms. The molecule has 0 bridgehead atoms. The molecule has 6 nitrogen and oxygen atoms in total. The van der Waals surface area contributed by atoms with Crippen LogP contribution in [0.5, 0.6) is 0 Å². The summed E-state index contributed by atoms with van der Waals surface area (Å²) in [7, 11) is 0. The van der Waals surface area contributed by atoms with Crippen molar-refractivity contribution in [1.29, 1.82) is 0 Å². The first-order valence-electron chi connectivity index (χ1n) is 8.91. The van der Waals surface area contributed by atoms with Gasteiger partial charge in [0.2, 0.25) is 0 Å². The van der Waals surface area contributed by atoms with Crippen molar-refractivity contribution in [2.24, 2.45) is 0 Å². The van der Waals surface area contributed by atoms with Crippen molar-refractivity contribution in [3.8, 4) is 0 Å². The molecule has 0 fully saturated rings. The summed E-state index contributed by atoms with van der Waals surface area (Å²) in [4.78, 5) is 19.8. The van der Waals surface area contributed by atoms with Gasteiger partial charge in [-0.2, -0.15) is 12.6 Å². The van der Waals surface area contributed by atoms with Crippen LogP contribution in [-0.2, 0) is 13.0 Å². The number of nitrogens with one attached hydrogen (secondary N) is 1. The Morgan fingerprint density at radius 3 is 2.64 bits per heavy atom. The lowest BCUT2D eigenvalue weighted by molar-refractivity contribution is 0.706. The standard InChI is InChI=1S/C21H19N5OS/c1-2-12-26-17(13-14-8-4-3-5-9-14)24-25-20(26)18(28)19-22-16-11-7-6-10-15(16)21(27)23-19/h2-11,18,28H,1,12-13H2,(H,22,23,27). The van der Waals surface area contributed by atoms with Gasteiger partial charge in [-0.25, -0.2) is 4.98 Å².